The maximum atomic E-state index is 12.9. The summed E-state index contributed by atoms with van der Waals surface area (Å²) >= 11 is 0. The predicted octanol–water partition coefficient (Wildman–Crippen LogP) is 4.59. The number of amides is 1. The van der Waals surface area contributed by atoms with Crippen LogP contribution in [0.25, 0.3) is 0 Å². The van der Waals surface area contributed by atoms with E-state index in [2.05, 4.69) is 5.32 Å². The Morgan fingerprint density at radius 2 is 1.66 bits per heavy atom. The van der Waals surface area contributed by atoms with Gasteiger partial charge in [-0.2, -0.15) is 13.2 Å². The first kappa shape index (κ1) is 25.7. The fourth-order valence-corrected chi connectivity index (χ4v) is 3.70. The third kappa shape index (κ3) is 7.53. The lowest BCUT2D eigenvalue weighted by Gasteiger charge is -2.42. The molecule has 0 spiro atoms. The van der Waals surface area contributed by atoms with Gasteiger partial charge < -0.3 is 15.5 Å². The molecule has 2 aromatic rings. The van der Waals surface area contributed by atoms with E-state index in [1.54, 1.807) is 26.8 Å². The highest BCUT2D eigenvalue weighted by Gasteiger charge is 2.37. The van der Waals surface area contributed by atoms with Crippen molar-refractivity contribution in [1.29, 1.82) is 0 Å². The standard InChI is InChI=1S/C24H31F3N2O3/c1-23(2,3)29(22(31)32)20(15-17-8-5-4-6-9-17)21(30)16-28-13-12-18-10-7-11-19(14-18)24(25,26)27/h4-11,14,20-21,28,30H,12-13,15-16H2,1-3H3,(H,31,32)/t20-,21+/m0/s1. The molecule has 1 amide bonds. The second-order valence-corrected chi connectivity index (χ2v) is 8.80. The number of hydrogen-bond acceptors (Lipinski definition) is 3. The molecule has 5 nitrogen and oxygen atoms in total. The number of aliphatic hydroxyl groups is 1. The topological polar surface area (TPSA) is 72.8 Å². The van der Waals surface area contributed by atoms with Crippen LogP contribution in [0, 0.1) is 0 Å². The quantitative estimate of drug-likeness (QED) is 0.487. The Labute approximate surface area is 186 Å². The first-order valence-electron chi connectivity index (χ1n) is 10.5. The van der Waals surface area contributed by atoms with Crippen molar-refractivity contribution in [3.63, 3.8) is 0 Å². The van der Waals surface area contributed by atoms with Crippen molar-refractivity contribution in [2.24, 2.45) is 0 Å². The third-order valence-electron chi connectivity index (χ3n) is 5.19. The van der Waals surface area contributed by atoms with Gasteiger partial charge in [-0.1, -0.05) is 48.5 Å². The van der Waals surface area contributed by atoms with Crippen molar-refractivity contribution in [3.8, 4) is 0 Å². The zero-order valence-corrected chi connectivity index (χ0v) is 18.6. The van der Waals surface area contributed by atoms with Crippen molar-refractivity contribution in [2.75, 3.05) is 13.1 Å². The number of nitrogens with zero attached hydrogens (tertiary/aromatic N) is 1. The number of aliphatic hydroxyl groups excluding tert-OH is 1. The van der Waals surface area contributed by atoms with Crippen LogP contribution in [-0.2, 0) is 19.0 Å². The van der Waals surface area contributed by atoms with Gasteiger partial charge >= 0.3 is 12.3 Å². The van der Waals surface area contributed by atoms with Crippen LogP contribution in [-0.4, -0.2) is 52.0 Å². The lowest BCUT2D eigenvalue weighted by Crippen LogP contribution is -2.58. The maximum absolute atomic E-state index is 12.9. The molecule has 0 aliphatic carbocycles. The summed E-state index contributed by atoms with van der Waals surface area (Å²) in [5, 5.41) is 23.8. The van der Waals surface area contributed by atoms with Gasteiger partial charge in [-0.05, 0) is 57.4 Å². The van der Waals surface area contributed by atoms with Gasteiger partial charge in [0.25, 0.3) is 0 Å². The number of halogens is 3. The van der Waals surface area contributed by atoms with Crippen molar-refractivity contribution < 1.29 is 28.2 Å². The summed E-state index contributed by atoms with van der Waals surface area (Å²) in [5.74, 6) is 0. The largest absolute Gasteiger partial charge is 0.465 e. The molecule has 0 aliphatic heterocycles. The van der Waals surface area contributed by atoms with E-state index in [9.17, 15) is 28.2 Å². The number of carbonyl (C=O) groups is 1. The van der Waals surface area contributed by atoms with Crippen LogP contribution >= 0.6 is 0 Å². The van der Waals surface area contributed by atoms with E-state index in [4.69, 9.17) is 0 Å². The molecule has 0 aromatic heterocycles. The van der Waals surface area contributed by atoms with Crippen LogP contribution in [0.3, 0.4) is 0 Å². The molecule has 0 saturated heterocycles. The van der Waals surface area contributed by atoms with Crippen LogP contribution in [0.15, 0.2) is 54.6 Å². The Kier molecular flexibility index (Phi) is 8.69. The molecular formula is C24H31F3N2O3. The second-order valence-electron chi connectivity index (χ2n) is 8.80. The summed E-state index contributed by atoms with van der Waals surface area (Å²) in [6.45, 7) is 5.77. The minimum atomic E-state index is -4.39. The minimum Gasteiger partial charge on any atom is -0.465 e. The van der Waals surface area contributed by atoms with Crippen molar-refractivity contribution >= 4 is 6.09 Å². The van der Waals surface area contributed by atoms with Gasteiger partial charge in [-0.15, -0.1) is 0 Å². The van der Waals surface area contributed by atoms with Crippen LogP contribution < -0.4 is 5.32 Å². The summed E-state index contributed by atoms with van der Waals surface area (Å²) in [4.78, 5) is 13.3. The molecule has 2 rings (SSSR count). The molecule has 176 valence electrons. The normalized spacial score (nSPS) is 14.1. The highest BCUT2D eigenvalue weighted by atomic mass is 19.4. The molecule has 2 aromatic carbocycles. The van der Waals surface area contributed by atoms with Gasteiger partial charge in [0.1, 0.15) is 0 Å². The smallest absolute Gasteiger partial charge is 0.416 e. The Hall–Kier alpha value is -2.58. The molecule has 0 unspecified atom stereocenters. The van der Waals surface area contributed by atoms with Gasteiger partial charge in [0.15, 0.2) is 0 Å². The summed E-state index contributed by atoms with van der Waals surface area (Å²) in [6.07, 6.45) is -5.84. The highest BCUT2D eigenvalue weighted by Crippen LogP contribution is 2.29. The lowest BCUT2D eigenvalue weighted by atomic mass is 9.94. The molecule has 2 atom stereocenters. The molecule has 32 heavy (non-hydrogen) atoms. The van der Waals surface area contributed by atoms with Gasteiger partial charge in [0.05, 0.1) is 17.7 Å². The van der Waals surface area contributed by atoms with E-state index < -0.39 is 35.5 Å². The SMILES string of the molecule is CC(C)(C)N(C(=O)O)[C@@H](Cc1ccccc1)[C@H](O)CNCCc1cccc(C(F)(F)F)c1. The Morgan fingerprint density at radius 1 is 1.03 bits per heavy atom. The molecule has 0 saturated carbocycles. The highest BCUT2D eigenvalue weighted by molar-refractivity contribution is 5.66. The number of rotatable bonds is 9. The maximum Gasteiger partial charge on any atom is 0.416 e. The fourth-order valence-electron chi connectivity index (χ4n) is 3.70. The van der Waals surface area contributed by atoms with E-state index in [1.165, 1.54) is 11.0 Å². The van der Waals surface area contributed by atoms with Crippen LogP contribution in [0.4, 0.5) is 18.0 Å². The average molecular weight is 453 g/mol. The summed E-state index contributed by atoms with van der Waals surface area (Å²) < 4.78 is 38.6. The van der Waals surface area contributed by atoms with E-state index >= 15 is 0 Å². The number of benzene rings is 2. The zero-order chi connectivity index (χ0) is 23.9. The minimum absolute atomic E-state index is 0.107. The second kappa shape index (κ2) is 10.8. The molecule has 0 fully saturated rings. The fraction of sp³-hybridized carbons (Fsp3) is 0.458. The van der Waals surface area contributed by atoms with E-state index in [0.717, 1.165) is 17.7 Å². The number of hydrogen-bond donors (Lipinski definition) is 3. The predicted molar refractivity (Wildman–Crippen MR) is 118 cm³/mol. The summed E-state index contributed by atoms with van der Waals surface area (Å²) in [5.41, 5.74) is 0.00496. The van der Waals surface area contributed by atoms with Gasteiger partial charge in [0.2, 0.25) is 0 Å². The average Bonchev–Trinajstić information content (AvgIpc) is 2.69. The molecule has 3 N–H and O–H groups in total. The Morgan fingerprint density at radius 3 is 2.22 bits per heavy atom. The zero-order valence-electron chi connectivity index (χ0n) is 18.6. The summed E-state index contributed by atoms with van der Waals surface area (Å²) in [7, 11) is 0. The molecule has 8 heteroatoms. The van der Waals surface area contributed by atoms with Gasteiger partial charge in [0, 0.05) is 12.1 Å². The van der Waals surface area contributed by atoms with Gasteiger partial charge in [-0.25, -0.2) is 4.79 Å². The Balaban J connectivity index is 2.05. The monoisotopic (exact) mass is 452 g/mol. The molecular weight excluding hydrogens is 421 g/mol. The van der Waals surface area contributed by atoms with Crippen LogP contribution in [0.1, 0.15) is 37.5 Å². The van der Waals surface area contributed by atoms with Crippen LogP contribution in [0.2, 0.25) is 0 Å². The van der Waals surface area contributed by atoms with Crippen molar-refractivity contribution in [3.05, 3.63) is 71.3 Å². The lowest BCUT2D eigenvalue weighted by molar-refractivity contribution is -0.137. The van der Waals surface area contributed by atoms with E-state index in [1.807, 2.05) is 30.3 Å². The van der Waals surface area contributed by atoms with Crippen LogP contribution in [0.5, 0.6) is 0 Å². The number of nitrogens with one attached hydrogen (secondary N) is 1. The molecule has 0 heterocycles. The van der Waals surface area contributed by atoms with Crippen molar-refractivity contribution in [1.82, 2.24) is 10.2 Å². The van der Waals surface area contributed by atoms with Gasteiger partial charge in [-0.3, -0.25) is 4.90 Å². The van der Waals surface area contributed by atoms with E-state index in [-0.39, 0.29) is 6.54 Å². The number of alkyl halides is 3. The number of carboxylic acid groups (broad SMARTS) is 1. The molecule has 0 radical (unpaired) electrons. The summed E-state index contributed by atoms with van der Waals surface area (Å²) in [6, 6.07) is 13.8. The van der Waals surface area contributed by atoms with E-state index in [0.29, 0.717) is 24.9 Å². The molecule has 0 aliphatic rings. The Bertz CT molecular complexity index is 867. The first-order chi connectivity index (χ1) is 14.9. The van der Waals surface area contributed by atoms with Crippen molar-refractivity contribution in [2.45, 2.75) is 57.5 Å². The molecule has 0 bridgehead atoms. The third-order valence-corrected chi connectivity index (χ3v) is 5.19. The first-order valence-corrected chi connectivity index (χ1v) is 10.5.